The molecule has 1 aromatic heterocycles. The number of hydrogen-bond acceptors (Lipinski definition) is 2. The molecule has 1 aliphatic rings. The number of rotatable bonds is 3. The molecule has 0 radical (unpaired) electrons. The molecule has 1 aromatic rings. The van der Waals surface area contributed by atoms with Gasteiger partial charge in [0, 0.05) is 21.4 Å². The number of hydrogen-bond donors (Lipinski definition) is 1. The van der Waals surface area contributed by atoms with E-state index in [0.717, 1.165) is 15.8 Å². The molecule has 0 spiro atoms. The Kier molecular flexibility index (Phi) is 4.95. The molecule has 6 heteroatoms. The molecular weight excluding hydrogens is 339 g/mol. The average Bonchev–Trinajstić information content (AvgIpc) is 2.75. The highest BCUT2D eigenvalue weighted by Crippen LogP contribution is 2.38. The lowest BCUT2D eigenvalue weighted by Crippen LogP contribution is -2.39. The minimum atomic E-state index is -4.05. The van der Waals surface area contributed by atoms with E-state index in [9.17, 15) is 13.2 Å². The first-order chi connectivity index (χ1) is 8.88. The van der Waals surface area contributed by atoms with Gasteiger partial charge in [0.15, 0.2) is 0 Å². The fourth-order valence-electron chi connectivity index (χ4n) is 2.68. The first kappa shape index (κ1) is 15.3. The standard InChI is InChI=1S/C13H17BrF3NS/c1-8(12-11(14)5-6-19-12)18-10-4-2-3-9(7-10)13(15,16)17/h5-6,8-10,18H,2-4,7H2,1H3. The van der Waals surface area contributed by atoms with Crippen LogP contribution >= 0.6 is 27.3 Å². The molecule has 108 valence electrons. The minimum Gasteiger partial charge on any atom is -0.307 e. The molecule has 1 heterocycles. The van der Waals surface area contributed by atoms with E-state index in [4.69, 9.17) is 0 Å². The van der Waals surface area contributed by atoms with Gasteiger partial charge in [-0.15, -0.1) is 11.3 Å². The molecule has 3 unspecified atom stereocenters. The summed E-state index contributed by atoms with van der Waals surface area (Å²) in [6, 6.07) is 2.02. The van der Waals surface area contributed by atoms with Crippen molar-refractivity contribution < 1.29 is 13.2 Å². The Morgan fingerprint density at radius 1 is 1.42 bits per heavy atom. The highest BCUT2D eigenvalue weighted by atomic mass is 79.9. The number of halogens is 4. The van der Waals surface area contributed by atoms with Crippen molar-refractivity contribution in [2.75, 3.05) is 0 Å². The third-order valence-electron chi connectivity index (χ3n) is 3.66. The summed E-state index contributed by atoms with van der Waals surface area (Å²) in [5, 5.41) is 5.33. The van der Waals surface area contributed by atoms with E-state index in [2.05, 4.69) is 21.2 Å². The smallest absolute Gasteiger partial charge is 0.307 e. The van der Waals surface area contributed by atoms with Crippen LogP contribution in [0.15, 0.2) is 15.9 Å². The predicted molar refractivity (Wildman–Crippen MR) is 75.4 cm³/mol. The summed E-state index contributed by atoms with van der Waals surface area (Å²) < 4.78 is 39.3. The largest absolute Gasteiger partial charge is 0.391 e. The third kappa shape index (κ3) is 3.95. The molecule has 0 aromatic carbocycles. The second-order valence-corrected chi connectivity index (χ2v) is 6.93. The second kappa shape index (κ2) is 6.14. The Hall–Kier alpha value is -0.0700. The predicted octanol–water partition coefficient (Wildman–Crippen LogP) is 5.28. The molecule has 0 amide bonds. The second-order valence-electron chi connectivity index (χ2n) is 5.12. The molecule has 2 rings (SSSR count). The van der Waals surface area contributed by atoms with Gasteiger partial charge in [-0.1, -0.05) is 6.42 Å². The van der Waals surface area contributed by atoms with Gasteiger partial charge in [-0.05, 0) is 53.6 Å². The lowest BCUT2D eigenvalue weighted by Gasteiger charge is -2.32. The molecule has 1 fully saturated rings. The van der Waals surface area contributed by atoms with Gasteiger partial charge in [0.25, 0.3) is 0 Å². The van der Waals surface area contributed by atoms with E-state index >= 15 is 0 Å². The molecule has 1 N–H and O–H groups in total. The Morgan fingerprint density at radius 3 is 2.74 bits per heavy atom. The van der Waals surface area contributed by atoms with Crippen molar-refractivity contribution >= 4 is 27.3 Å². The zero-order chi connectivity index (χ0) is 14.0. The fourth-order valence-corrected chi connectivity index (χ4v) is 4.42. The summed E-state index contributed by atoms with van der Waals surface area (Å²) >= 11 is 5.09. The third-order valence-corrected chi connectivity index (χ3v) is 5.71. The van der Waals surface area contributed by atoms with Crippen molar-refractivity contribution in [2.45, 2.75) is 50.9 Å². The van der Waals surface area contributed by atoms with E-state index in [1.54, 1.807) is 11.3 Å². The minimum absolute atomic E-state index is 0.0376. The van der Waals surface area contributed by atoms with E-state index in [1.165, 1.54) is 0 Å². The monoisotopic (exact) mass is 355 g/mol. The maximum Gasteiger partial charge on any atom is 0.391 e. The summed E-state index contributed by atoms with van der Waals surface area (Å²) in [5.74, 6) is -1.14. The summed E-state index contributed by atoms with van der Waals surface area (Å²) in [4.78, 5) is 1.15. The van der Waals surface area contributed by atoms with E-state index < -0.39 is 12.1 Å². The molecule has 1 aliphatic carbocycles. The summed E-state index contributed by atoms with van der Waals surface area (Å²) in [5.41, 5.74) is 0. The Labute approximate surface area is 123 Å². The van der Waals surface area contributed by atoms with E-state index in [0.29, 0.717) is 6.42 Å². The first-order valence-electron chi connectivity index (χ1n) is 6.43. The zero-order valence-electron chi connectivity index (χ0n) is 10.6. The zero-order valence-corrected chi connectivity index (χ0v) is 13.0. The lowest BCUT2D eigenvalue weighted by molar-refractivity contribution is -0.183. The van der Waals surface area contributed by atoms with Crippen molar-refractivity contribution in [1.29, 1.82) is 0 Å². The molecule has 1 nitrogen and oxygen atoms in total. The molecule has 19 heavy (non-hydrogen) atoms. The van der Waals surface area contributed by atoms with Crippen LogP contribution in [-0.2, 0) is 0 Å². The Morgan fingerprint density at radius 2 is 2.16 bits per heavy atom. The van der Waals surface area contributed by atoms with Crippen molar-refractivity contribution in [2.24, 2.45) is 5.92 Å². The highest BCUT2D eigenvalue weighted by molar-refractivity contribution is 9.10. The Bertz CT molecular complexity index is 418. The maximum absolute atomic E-state index is 12.8. The van der Waals surface area contributed by atoms with Crippen LogP contribution < -0.4 is 5.32 Å². The normalized spacial score (nSPS) is 26.4. The maximum atomic E-state index is 12.8. The summed E-state index contributed by atoms with van der Waals surface area (Å²) in [6.45, 7) is 2.01. The summed E-state index contributed by atoms with van der Waals surface area (Å²) in [6.07, 6.45) is -2.08. The average molecular weight is 356 g/mol. The van der Waals surface area contributed by atoms with Gasteiger partial charge in [-0.25, -0.2) is 0 Å². The van der Waals surface area contributed by atoms with Crippen molar-refractivity contribution in [3.05, 3.63) is 20.8 Å². The van der Waals surface area contributed by atoms with Gasteiger partial charge in [-0.3, -0.25) is 0 Å². The number of nitrogens with one attached hydrogen (secondary N) is 1. The van der Waals surface area contributed by atoms with Crippen molar-refractivity contribution in [3.63, 3.8) is 0 Å². The van der Waals surface area contributed by atoms with Crippen LogP contribution in [0.25, 0.3) is 0 Å². The van der Waals surface area contributed by atoms with Crippen LogP contribution in [0.5, 0.6) is 0 Å². The molecule has 1 saturated carbocycles. The van der Waals surface area contributed by atoms with Gasteiger partial charge in [0.1, 0.15) is 0 Å². The SMILES string of the molecule is CC(NC1CCCC(C(F)(F)F)C1)c1sccc1Br. The highest BCUT2D eigenvalue weighted by Gasteiger charge is 2.42. The van der Waals surface area contributed by atoms with Crippen LogP contribution in [0.4, 0.5) is 13.2 Å². The van der Waals surface area contributed by atoms with Gasteiger partial charge >= 0.3 is 6.18 Å². The van der Waals surface area contributed by atoms with Gasteiger partial charge in [0.05, 0.1) is 5.92 Å². The fraction of sp³-hybridized carbons (Fsp3) is 0.692. The molecule has 0 bridgehead atoms. The summed E-state index contributed by atoms with van der Waals surface area (Å²) in [7, 11) is 0. The van der Waals surface area contributed by atoms with Gasteiger partial charge in [-0.2, -0.15) is 13.2 Å². The molecule has 0 saturated heterocycles. The Balaban J connectivity index is 1.94. The molecule has 3 atom stereocenters. The van der Waals surface area contributed by atoms with Gasteiger partial charge in [0.2, 0.25) is 0 Å². The van der Waals surface area contributed by atoms with Crippen LogP contribution in [0.3, 0.4) is 0 Å². The topological polar surface area (TPSA) is 12.0 Å². The molecule has 0 aliphatic heterocycles. The number of thiophene rings is 1. The van der Waals surface area contributed by atoms with Gasteiger partial charge < -0.3 is 5.32 Å². The van der Waals surface area contributed by atoms with Crippen LogP contribution in [0, 0.1) is 5.92 Å². The van der Waals surface area contributed by atoms with Crippen LogP contribution in [0.1, 0.15) is 43.5 Å². The van der Waals surface area contributed by atoms with E-state index in [1.807, 2.05) is 18.4 Å². The van der Waals surface area contributed by atoms with Crippen molar-refractivity contribution in [3.8, 4) is 0 Å². The van der Waals surface area contributed by atoms with Crippen LogP contribution in [-0.4, -0.2) is 12.2 Å². The van der Waals surface area contributed by atoms with Crippen molar-refractivity contribution in [1.82, 2.24) is 5.32 Å². The lowest BCUT2D eigenvalue weighted by atomic mass is 9.85. The number of alkyl halides is 3. The molecular formula is C13H17BrF3NS. The van der Waals surface area contributed by atoms with Crippen LogP contribution in [0.2, 0.25) is 0 Å². The first-order valence-corrected chi connectivity index (χ1v) is 8.11. The quantitative estimate of drug-likeness (QED) is 0.777. The van der Waals surface area contributed by atoms with E-state index in [-0.39, 0.29) is 24.9 Å².